The van der Waals surface area contributed by atoms with E-state index in [1.165, 1.54) is 0 Å². The van der Waals surface area contributed by atoms with Crippen molar-refractivity contribution in [2.24, 2.45) is 0 Å². The number of hydrogen-bond donors (Lipinski definition) is 31. The molecule has 0 radical (unpaired) electrons. The number of aliphatic hydroxyl groups excluding tert-OH is 22. The highest BCUT2D eigenvalue weighted by molar-refractivity contribution is 7.81. The van der Waals surface area contributed by atoms with E-state index in [4.69, 9.17) is 80.5 Å². The van der Waals surface area contributed by atoms with Crippen LogP contribution >= 0.6 is 0 Å². The van der Waals surface area contributed by atoms with Crippen molar-refractivity contribution in [1.29, 1.82) is 0 Å². The first kappa shape index (κ1) is 111. The number of carbonyl (C=O) groups excluding carboxylic acids is 5. The molecule has 9 rings (SSSR count). The van der Waals surface area contributed by atoms with Gasteiger partial charge in [-0.2, -0.15) is 25.3 Å². The summed E-state index contributed by atoms with van der Waals surface area (Å²) in [6.45, 7) is -7.89. The minimum Gasteiger partial charge on any atom is -0.477 e. The van der Waals surface area contributed by atoms with Gasteiger partial charge in [0.2, 0.25) is 29.5 Å². The first-order chi connectivity index (χ1) is 62.0. The van der Waals surface area contributed by atoms with E-state index in [1.54, 1.807) is 0 Å². The van der Waals surface area contributed by atoms with Crippen LogP contribution < -0.4 is 26.6 Å². The molecule has 66 heteroatoms. The average molecular weight is 2010 g/mol. The summed E-state index contributed by atoms with van der Waals surface area (Å²) in [6, 6.07) is -10.3. The van der Waals surface area contributed by atoms with Gasteiger partial charge in [-0.1, -0.05) is 0 Å². The topological polar surface area (TPSA) is 976 Å². The quantitative estimate of drug-likeness (QED) is 0.0254. The van der Waals surface area contributed by atoms with Gasteiger partial charge in [-0.3, -0.25) is 37.6 Å². The van der Waals surface area contributed by atoms with Crippen LogP contribution in [-0.2, 0) is 153 Å². The van der Waals surface area contributed by atoms with Crippen molar-refractivity contribution in [3.8, 4) is 0 Å². The van der Waals surface area contributed by atoms with Crippen molar-refractivity contribution >= 4 is 66.7 Å². The van der Waals surface area contributed by atoms with Crippen LogP contribution in [0, 0.1) is 0 Å². The Kier molecular flexibility index (Phi) is 39.4. The van der Waals surface area contributed by atoms with Crippen LogP contribution in [0.5, 0.6) is 0 Å². The lowest BCUT2D eigenvalue weighted by molar-refractivity contribution is -0.391. The molecule has 0 unspecified atom stereocenters. The maximum Gasteiger partial charge on any atom is 0.397 e. The maximum absolute atomic E-state index is 13.3. The fraction of sp³-hybridized carbons (Fsp3) is 0.910. The summed E-state index contributed by atoms with van der Waals surface area (Å²) < 4.78 is 215. The normalized spacial score (nSPS) is 43.8. The summed E-state index contributed by atoms with van der Waals surface area (Å²) in [5, 5.41) is 270. The highest BCUT2D eigenvalue weighted by Gasteiger charge is 2.64. The van der Waals surface area contributed by atoms with E-state index >= 15 is 0 Å². The molecule has 63 nitrogen and oxygen atoms in total. The molecule has 9 saturated heterocycles. The van der Waals surface area contributed by atoms with Crippen LogP contribution in [0.4, 0.5) is 0 Å². The number of carboxylic acid groups (broad SMARTS) is 1. The number of ether oxygens (including phenoxy) is 17. The lowest BCUT2D eigenvalue weighted by Crippen LogP contribution is -2.71. The van der Waals surface area contributed by atoms with Crippen molar-refractivity contribution in [3.63, 3.8) is 0 Å². The van der Waals surface area contributed by atoms with Crippen molar-refractivity contribution in [2.75, 3.05) is 59.5 Å². The van der Waals surface area contributed by atoms with E-state index in [2.05, 4.69) is 39.1 Å². The molecule has 9 aliphatic rings. The second-order valence-corrected chi connectivity index (χ2v) is 35.1. The van der Waals surface area contributed by atoms with E-state index in [0.717, 1.165) is 34.6 Å². The van der Waals surface area contributed by atoms with E-state index in [1.807, 2.05) is 0 Å². The van der Waals surface area contributed by atoms with Crippen LogP contribution in [0.25, 0.3) is 0 Å². The summed E-state index contributed by atoms with van der Waals surface area (Å²) in [5.41, 5.74) is 0. The summed E-state index contributed by atoms with van der Waals surface area (Å²) >= 11 is 0. The van der Waals surface area contributed by atoms with Gasteiger partial charge in [-0.25, -0.2) is 17.3 Å². The Morgan fingerprint density at radius 1 is 0.338 bits per heavy atom. The second kappa shape index (κ2) is 47.0. The zero-order chi connectivity index (χ0) is 99.2. The molecule has 0 aromatic rings. The van der Waals surface area contributed by atoms with E-state index in [9.17, 15) is 185 Å². The summed E-state index contributed by atoms with van der Waals surface area (Å²) in [6.07, 6.45) is -95.4. The number of aliphatic hydroxyl groups is 22. The number of rotatable bonds is 39. The molecule has 0 aromatic carbocycles. The molecule has 133 heavy (non-hydrogen) atoms. The summed E-state index contributed by atoms with van der Waals surface area (Å²) in [7, 11) is -17.0. The lowest BCUT2D eigenvalue weighted by atomic mass is 9.88. The first-order valence-electron chi connectivity index (χ1n) is 40.2. The zero-order valence-corrected chi connectivity index (χ0v) is 72.4. The van der Waals surface area contributed by atoms with Crippen molar-refractivity contribution < 1.29 is 278 Å². The molecular weight excluding hydrogens is 1900 g/mol. The minimum atomic E-state index is -5.70. The number of hydrogen-bond acceptors (Lipinski definition) is 54. The molecule has 0 aromatic heterocycles. The Balaban J connectivity index is 0.980. The van der Waals surface area contributed by atoms with Gasteiger partial charge in [-0.15, -0.1) is 0 Å². The van der Waals surface area contributed by atoms with Crippen LogP contribution in [0.1, 0.15) is 41.0 Å². The molecule has 0 spiro atoms. The van der Waals surface area contributed by atoms with E-state index in [-0.39, 0.29) is 0 Å². The molecule has 0 bridgehead atoms. The van der Waals surface area contributed by atoms with E-state index < -0.39 is 414 Å². The Morgan fingerprint density at radius 2 is 0.594 bits per heavy atom. The third-order valence-electron chi connectivity index (χ3n) is 22.4. The van der Waals surface area contributed by atoms with Crippen molar-refractivity contribution in [3.05, 3.63) is 0 Å². The molecule has 9 heterocycles. The Labute approximate surface area is 751 Å². The molecule has 5 amide bonds. The van der Waals surface area contributed by atoms with Gasteiger partial charge < -0.3 is 225 Å². The lowest BCUT2D eigenvalue weighted by Gasteiger charge is -2.51. The maximum atomic E-state index is 13.3. The van der Waals surface area contributed by atoms with Crippen LogP contribution in [-0.4, -0.2) is 533 Å². The standard InChI is InChI=1S/C67H111N5O58S3/c1-16(79)68-31-21(84)6-67(66(100)101,129-53(31)36(86)22(85)7-73)130-57-41(91)27(12-78)118-65(48(57)98)124-51-30(15-113-133(108,109)110)121-60(34(44(51)94)71-19(4)82)127-55-39(89)25(10-76)116-63(46(55)96)122-49-28(13-111-131(102,103)104)119-59(32(42(49)92)69-17(2)80)126-54-38(88)24(9-75)115-62(45(54)95)123-50-29(14-112-132(105,106)107)120-61(33(43(50)93)70-18(3)81)128-56-40(90)26(11-77)117-64(47(56)97)125-52-35(72-20(5)83)58(99)114-23(8-74)37(52)87/h21-65,73-78,84-99H,6-15H2,1-5H3,(H,68,79)(H,69,80)(H,70,81)(H,71,82)(H,72,83)(H,100,101)(H,102,103,104)(H,105,106,107)(H,108,109,110)/t21-,22+,23+,24+,25+,26+,27+,28+,29+,30+,31+,32+,33+,34+,35+,36+,37-,38-,39-,40-,41-,42+,43+,44+,45+,46+,47+,48+,49+,50+,51+,52+,53+,54-,55-,56-,57-,58-,59-,60-,61-,62-,63-,64-,65-,67-/m0/s1. The van der Waals surface area contributed by atoms with Gasteiger partial charge in [0.15, 0.2) is 50.3 Å². The van der Waals surface area contributed by atoms with Crippen molar-refractivity contribution in [1.82, 2.24) is 26.6 Å². The number of carboxylic acids is 1. The third-order valence-corrected chi connectivity index (χ3v) is 23.7. The second-order valence-electron chi connectivity index (χ2n) is 31.9. The highest BCUT2D eigenvalue weighted by atomic mass is 32.3. The smallest absolute Gasteiger partial charge is 0.397 e. The molecular formula is C67H111N5O58S3. The highest BCUT2D eigenvalue weighted by Crippen LogP contribution is 2.43. The number of amides is 5. The Bertz CT molecular complexity index is 4190. The largest absolute Gasteiger partial charge is 0.477 e. The van der Waals surface area contributed by atoms with Gasteiger partial charge in [-0.05, 0) is 0 Å². The number of nitrogens with one attached hydrogen (secondary N) is 5. The van der Waals surface area contributed by atoms with Crippen LogP contribution in [0.2, 0.25) is 0 Å². The number of aliphatic carboxylic acids is 1. The van der Waals surface area contributed by atoms with Gasteiger partial charge in [0.05, 0.1) is 71.6 Å². The monoisotopic (exact) mass is 2010 g/mol. The zero-order valence-electron chi connectivity index (χ0n) is 70.0. The molecule has 0 aliphatic carbocycles. The van der Waals surface area contributed by atoms with E-state index in [0.29, 0.717) is 0 Å². The number of carbonyl (C=O) groups is 6. The van der Waals surface area contributed by atoms with Gasteiger partial charge in [0, 0.05) is 41.0 Å². The molecule has 9 aliphatic heterocycles. The molecule has 31 N–H and O–H groups in total. The molecule has 0 saturated carbocycles. The average Bonchev–Trinajstić information content (AvgIpc) is 0.750. The predicted octanol–water partition coefficient (Wildman–Crippen LogP) is -21.2. The van der Waals surface area contributed by atoms with Gasteiger partial charge >= 0.3 is 37.2 Å². The minimum absolute atomic E-state index is 0.773. The Hall–Kier alpha value is -5.13. The van der Waals surface area contributed by atoms with Gasteiger partial charge in [0.25, 0.3) is 5.79 Å². The Morgan fingerprint density at radius 3 is 0.880 bits per heavy atom. The van der Waals surface area contributed by atoms with Gasteiger partial charge in [0.1, 0.15) is 213 Å². The van der Waals surface area contributed by atoms with Crippen LogP contribution in [0.15, 0.2) is 0 Å². The fourth-order valence-corrected chi connectivity index (χ4v) is 17.0. The predicted molar refractivity (Wildman–Crippen MR) is 403 cm³/mol. The SMILES string of the molecule is CC(=O)N[C@@H]1[C@@H](O[C@@H]2O[C@H](CO)[C@H](O)[C@H](O[C@@H]3O[C@H](COS(=O)(=O)O)[C@@H](O[C@@H]4O[C@H](CO)[C@H](O)[C@H](O[C@@H]5O[C@H](COS(=O)(=O)O)[C@@H](O[C@@H]6O[C@H](CO)[C@H](O)[C@H](O[C@@H]7O[C@H](COS(=O)(=O)O)[C@@H](O[C@@H]8O[C@H](CO)[C@H](O)[C@H](O[C@]9(C(=O)O)C[C@H](O)[C@@H](NC(C)=O)[C@H]([C@H](O)[C@H](O)CO)O9)[C@H]8O)[C@H](O)[C@H]7NC(C)=O)[C@H]6O)[C@H](O)[C@H]5NC(C)=O)[C@H]4O)[C@H](O)[C@H]3NC(C)=O)[C@H]2O)[C@@H](O)[C@@H](CO)O[C@@H]1O. The fourth-order valence-electron chi connectivity index (χ4n) is 16.1. The van der Waals surface area contributed by atoms with Crippen molar-refractivity contribution in [2.45, 2.75) is 323 Å². The molecule has 9 fully saturated rings. The summed E-state index contributed by atoms with van der Waals surface area (Å²) in [5.74, 6) is -10.8. The van der Waals surface area contributed by atoms with Crippen LogP contribution in [0.3, 0.4) is 0 Å². The third kappa shape index (κ3) is 27.2. The first-order valence-corrected chi connectivity index (χ1v) is 44.3. The molecule has 770 valence electrons. The molecule has 46 atom stereocenters. The summed E-state index contributed by atoms with van der Waals surface area (Å²) in [4.78, 5) is 77.1.